The normalized spacial score (nSPS) is 20.2. The Morgan fingerprint density at radius 3 is 3.13 bits per heavy atom. The van der Waals surface area contributed by atoms with Crippen LogP contribution in [0, 0.1) is 0 Å². The first kappa shape index (κ1) is 9.97. The predicted molar refractivity (Wildman–Crippen MR) is 55.8 cm³/mol. The molecule has 3 N–H and O–H groups in total. The highest BCUT2D eigenvalue weighted by Crippen LogP contribution is 2.18. The molecule has 1 atom stereocenters. The molecule has 15 heavy (non-hydrogen) atoms. The summed E-state index contributed by atoms with van der Waals surface area (Å²) in [6.07, 6.45) is 0.961. The van der Waals surface area contributed by atoms with Gasteiger partial charge in [-0.2, -0.15) is 9.97 Å². The molecule has 82 valence electrons. The molecule has 0 saturated carbocycles. The number of nitrogens with one attached hydrogen (secondary N) is 1. The van der Waals surface area contributed by atoms with Crippen LogP contribution in [-0.4, -0.2) is 36.3 Å². The molecule has 1 aromatic rings. The standard InChI is InChI=1S/C9H14N4O2/c1-11-7-4-8(13-9(10)12-7)15-6-2-3-14-5-6/h4,6H,2-3,5H2,1H3,(H3,10,11,12,13). The molecular weight excluding hydrogens is 196 g/mol. The van der Waals surface area contributed by atoms with E-state index >= 15 is 0 Å². The van der Waals surface area contributed by atoms with Crippen molar-refractivity contribution in [1.29, 1.82) is 0 Å². The number of aromatic nitrogens is 2. The van der Waals surface area contributed by atoms with Crippen LogP contribution in [0.3, 0.4) is 0 Å². The first-order valence-corrected chi connectivity index (χ1v) is 4.84. The highest BCUT2D eigenvalue weighted by molar-refractivity contribution is 5.42. The van der Waals surface area contributed by atoms with Crippen LogP contribution in [0.25, 0.3) is 0 Å². The van der Waals surface area contributed by atoms with Crippen molar-refractivity contribution in [2.45, 2.75) is 12.5 Å². The van der Waals surface area contributed by atoms with E-state index < -0.39 is 0 Å². The smallest absolute Gasteiger partial charge is 0.225 e. The minimum absolute atomic E-state index is 0.0732. The van der Waals surface area contributed by atoms with Crippen LogP contribution in [0.4, 0.5) is 11.8 Å². The van der Waals surface area contributed by atoms with Gasteiger partial charge in [-0.25, -0.2) is 0 Å². The largest absolute Gasteiger partial charge is 0.472 e. The number of ether oxygens (including phenoxy) is 2. The Morgan fingerprint density at radius 2 is 2.47 bits per heavy atom. The van der Waals surface area contributed by atoms with E-state index in [4.69, 9.17) is 15.2 Å². The highest BCUT2D eigenvalue weighted by atomic mass is 16.5. The Hall–Kier alpha value is -1.56. The molecule has 1 aromatic heterocycles. The molecule has 2 rings (SSSR count). The van der Waals surface area contributed by atoms with Crippen molar-refractivity contribution in [3.8, 4) is 5.88 Å². The van der Waals surface area contributed by atoms with E-state index in [9.17, 15) is 0 Å². The van der Waals surface area contributed by atoms with Gasteiger partial charge in [0.05, 0.1) is 13.2 Å². The zero-order valence-corrected chi connectivity index (χ0v) is 8.56. The molecule has 0 aliphatic carbocycles. The summed E-state index contributed by atoms with van der Waals surface area (Å²) in [5, 5.41) is 2.89. The third-order valence-electron chi connectivity index (χ3n) is 2.15. The summed E-state index contributed by atoms with van der Waals surface area (Å²) in [7, 11) is 1.77. The average Bonchev–Trinajstić information content (AvgIpc) is 2.69. The van der Waals surface area contributed by atoms with Gasteiger partial charge in [0.15, 0.2) is 0 Å². The van der Waals surface area contributed by atoms with Crippen molar-refractivity contribution in [1.82, 2.24) is 9.97 Å². The van der Waals surface area contributed by atoms with E-state index in [1.807, 2.05) is 0 Å². The maximum Gasteiger partial charge on any atom is 0.225 e. The molecule has 6 nitrogen and oxygen atoms in total. The number of rotatable bonds is 3. The quantitative estimate of drug-likeness (QED) is 0.745. The Morgan fingerprint density at radius 1 is 1.60 bits per heavy atom. The monoisotopic (exact) mass is 210 g/mol. The van der Waals surface area contributed by atoms with Gasteiger partial charge in [0, 0.05) is 19.5 Å². The molecule has 0 amide bonds. The van der Waals surface area contributed by atoms with Crippen LogP contribution >= 0.6 is 0 Å². The van der Waals surface area contributed by atoms with Crippen molar-refractivity contribution in [2.24, 2.45) is 0 Å². The maximum atomic E-state index is 5.60. The van der Waals surface area contributed by atoms with Crippen LogP contribution in [0.2, 0.25) is 0 Å². The first-order chi connectivity index (χ1) is 7.28. The second-order valence-corrected chi connectivity index (χ2v) is 3.30. The molecule has 1 saturated heterocycles. The summed E-state index contributed by atoms with van der Waals surface area (Å²) in [5.74, 6) is 1.34. The number of hydrogen-bond acceptors (Lipinski definition) is 6. The second-order valence-electron chi connectivity index (χ2n) is 3.30. The molecule has 0 radical (unpaired) electrons. The maximum absolute atomic E-state index is 5.60. The Kier molecular flexibility index (Phi) is 2.86. The van der Waals surface area contributed by atoms with Crippen molar-refractivity contribution in [2.75, 3.05) is 31.3 Å². The molecular formula is C9H14N4O2. The predicted octanol–water partition coefficient (Wildman–Crippen LogP) is 0.268. The van der Waals surface area contributed by atoms with Gasteiger partial charge < -0.3 is 20.5 Å². The van der Waals surface area contributed by atoms with Gasteiger partial charge in [-0.05, 0) is 0 Å². The van der Waals surface area contributed by atoms with Gasteiger partial charge in [0.2, 0.25) is 11.8 Å². The van der Waals surface area contributed by atoms with Crippen molar-refractivity contribution in [3.63, 3.8) is 0 Å². The van der Waals surface area contributed by atoms with Gasteiger partial charge in [0.1, 0.15) is 11.9 Å². The number of nitrogens with two attached hydrogens (primary N) is 1. The Bertz CT molecular complexity index is 339. The van der Waals surface area contributed by atoms with Crippen LogP contribution < -0.4 is 15.8 Å². The zero-order chi connectivity index (χ0) is 10.7. The molecule has 0 bridgehead atoms. The molecule has 0 aromatic carbocycles. The van der Waals surface area contributed by atoms with Gasteiger partial charge in [-0.1, -0.05) is 0 Å². The van der Waals surface area contributed by atoms with Crippen molar-refractivity contribution >= 4 is 11.8 Å². The van der Waals surface area contributed by atoms with E-state index in [-0.39, 0.29) is 12.1 Å². The summed E-state index contributed by atoms with van der Waals surface area (Å²) >= 11 is 0. The molecule has 1 unspecified atom stereocenters. The summed E-state index contributed by atoms with van der Waals surface area (Å²) in [5.41, 5.74) is 5.54. The Balaban J connectivity index is 2.09. The molecule has 2 heterocycles. The van der Waals surface area contributed by atoms with E-state index in [2.05, 4.69) is 15.3 Å². The lowest BCUT2D eigenvalue weighted by Crippen LogP contribution is -2.17. The Labute approximate surface area is 87.8 Å². The summed E-state index contributed by atoms with van der Waals surface area (Å²) < 4.78 is 10.8. The lowest BCUT2D eigenvalue weighted by atomic mass is 10.3. The third kappa shape index (κ3) is 2.47. The summed E-state index contributed by atoms with van der Waals surface area (Å²) in [4.78, 5) is 7.97. The minimum atomic E-state index is 0.0732. The molecule has 1 aliphatic heterocycles. The number of nitrogen functional groups attached to an aromatic ring is 1. The van der Waals surface area contributed by atoms with E-state index in [1.54, 1.807) is 13.1 Å². The first-order valence-electron chi connectivity index (χ1n) is 4.84. The number of anilines is 2. The van der Waals surface area contributed by atoms with Crippen LogP contribution in [0.1, 0.15) is 6.42 Å². The number of hydrogen-bond donors (Lipinski definition) is 2. The van der Waals surface area contributed by atoms with E-state index in [1.165, 1.54) is 0 Å². The average molecular weight is 210 g/mol. The minimum Gasteiger partial charge on any atom is -0.472 e. The molecule has 6 heteroatoms. The van der Waals surface area contributed by atoms with Gasteiger partial charge in [-0.15, -0.1) is 0 Å². The third-order valence-corrected chi connectivity index (χ3v) is 2.15. The lowest BCUT2D eigenvalue weighted by molar-refractivity contribution is 0.138. The second kappa shape index (κ2) is 4.31. The highest BCUT2D eigenvalue weighted by Gasteiger charge is 2.18. The van der Waals surface area contributed by atoms with Gasteiger partial charge in [-0.3, -0.25) is 0 Å². The topological polar surface area (TPSA) is 82.3 Å². The lowest BCUT2D eigenvalue weighted by Gasteiger charge is -2.11. The fourth-order valence-electron chi connectivity index (χ4n) is 1.41. The van der Waals surface area contributed by atoms with Gasteiger partial charge in [0.25, 0.3) is 0 Å². The molecule has 1 aliphatic rings. The fourth-order valence-corrected chi connectivity index (χ4v) is 1.41. The summed E-state index contributed by atoms with van der Waals surface area (Å²) in [6, 6.07) is 1.72. The SMILES string of the molecule is CNc1cc(OC2CCOC2)nc(N)n1. The summed E-state index contributed by atoms with van der Waals surface area (Å²) in [6.45, 7) is 1.35. The van der Waals surface area contributed by atoms with Crippen LogP contribution in [-0.2, 0) is 4.74 Å². The van der Waals surface area contributed by atoms with E-state index in [0.717, 1.165) is 13.0 Å². The molecule has 1 fully saturated rings. The number of nitrogens with zero attached hydrogens (tertiary/aromatic N) is 2. The van der Waals surface area contributed by atoms with Gasteiger partial charge >= 0.3 is 0 Å². The molecule has 0 spiro atoms. The van der Waals surface area contributed by atoms with Crippen LogP contribution in [0.15, 0.2) is 6.07 Å². The van der Waals surface area contributed by atoms with Crippen molar-refractivity contribution in [3.05, 3.63) is 6.07 Å². The van der Waals surface area contributed by atoms with Crippen LogP contribution in [0.5, 0.6) is 5.88 Å². The van der Waals surface area contributed by atoms with E-state index in [0.29, 0.717) is 18.3 Å². The van der Waals surface area contributed by atoms with Crippen molar-refractivity contribution < 1.29 is 9.47 Å². The fraction of sp³-hybridized carbons (Fsp3) is 0.556. The zero-order valence-electron chi connectivity index (χ0n) is 8.56.